The molecule has 1 unspecified atom stereocenters. The van der Waals surface area contributed by atoms with Gasteiger partial charge in [-0.05, 0) is 140 Å². The Bertz CT molecular complexity index is 2180. The van der Waals surface area contributed by atoms with Crippen molar-refractivity contribution in [3.8, 4) is 0 Å². The smallest absolute Gasteiger partial charge is 0.217 e. The van der Waals surface area contributed by atoms with E-state index >= 15 is 0 Å². The molecule has 0 saturated carbocycles. The molecule has 436 valence electrons. The van der Waals surface area contributed by atoms with Gasteiger partial charge in [0.25, 0.3) is 0 Å². The molecule has 0 aromatic heterocycles. The summed E-state index contributed by atoms with van der Waals surface area (Å²) in [6.45, 7) is 49.6. The summed E-state index contributed by atoms with van der Waals surface area (Å²) in [4.78, 5) is 36.0. The van der Waals surface area contributed by atoms with Gasteiger partial charge < -0.3 is 33.4 Å². The zero-order valence-electron chi connectivity index (χ0n) is 52.7. The van der Waals surface area contributed by atoms with Crippen LogP contribution in [0.5, 0.6) is 0 Å². The van der Waals surface area contributed by atoms with Crippen molar-refractivity contribution in [3.63, 3.8) is 0 Å². The SMILES string of the molecule is CC(=O)NC(CCc1ccc(C(O)CCCCCc2ccccc2)cc1)(CO[Si](C)(C)C(C)(C)C)CO[Si](C)(C)C(C)(C)C.CC(=O)NC(CCc1ccc(C=O)cc1)(CO[Si](C)(C)C(C)(C)C)CO[Si](C)(C)C(C)(C)C. The number of aryl methyl sites for hydroxylation is 3. The van der Waals surface area contributed by atoms with E-state index in [-0.39, 0.29) is 32.0 Å². The fourth-order valence-corrected chi connectivity index (χ4v) is 11.9. The molecule has 3 aromatic rings. The molecule has 77 heavy (non-hydrogen) atoms. The molecule has 0 bridgehead atoms. The van der Waals surface area contributed by atoms with Gasteiger partial charge in [-0.25, -0.2) is 0 Å². The highest BCUT2D eigenvalue weighted by atomic mass is 28.4. The average molecular weight is 1140 g/mol. The lowest BCUT2D eigenvalue weighted by molar-refractivity contribution is -0.123. The molecule has 0 aliphatic rings. The molecule has 3 rings (SSSR count). The van der Waals surface area contributed by atoms with Gasteiger partial charge in [0.2, 0.25) is 11.8 Å². The first-order valence-electron chi connectivity index (χ1n) is 28.6. The normalized spacial score (nSPS) is 13.9. The lowest BCUT2D eigenvalue weighted by Gasteiger charge is -2.44. The van der Waals surface area contributed by atoms with Gasteiger partial charge in [-0.3, -0.25) is 14.4 Å². The first-order chi connectivity index (χ1) is 35.1. The van der Waals surface area contributed by atoms with Crippen LogP contribution in [-0.4, -0.2) is 94.0 Å². The van der Waals surface area contributed by atoms with Crippen LogP contribution >= 0.6 is 0 Å². The van der Waals surface area contributed by atoms with Crippen LogP contribution in [0.4, 0.5) is 0 Å². The van der Waals surface area contributed by atoms with Gasteiger partial charge in [-0.15, -0.1) is 0 Å². The lowest BCUT2D eigenvalue weighted by Crippen LogP contribution is -2.59. The van der Waals surface area contributed by atoms with E-state index in [0.717, 1.165) is 62.4 Å². The highest BCUT2D eigenvalue weighted by Crippen LogP contribution is 2.41. The van der Waals surface area contributed by atoms with Crippen LogP contribution in [0.25, 0.3) is 0 Å². The Kier molecular flexibility index (Phi) is 26.4. The standard InChI is InChI=1S/C37H63NO4Si2.C26H47NO4Si2/c1-30(39)38-37(28-41-43(8,9)35(2,3)4,29-42-44(10,11)36(5,6)7)27-26-32-22-24-33(25-23-32)34(40)21-17-13-16-20-31-18-14-12-15-19-31;1-21(29)27-26(19-30-32(8,9)24(2,3)4,20-31-33(10,11)25(5,6)7)17-16-22-12-14-23(18-28)15-13-22/h12,14-15,18-19,22-25,34,40H,13,16-17,20-21,26-29H2,1-11H3,(H,38,39);12-15,18H,16-17,19-20H2,1-11H3,(H,27,29). The molecular formula is C63H110N2O8Si4. The van der Waals surface area contributed by atoms with Crippen LogP contribution in [0.1, 0.15) is 174 Å². The van der Waals surface area contributed by atoms with Crippen molar-refractivity contribution in [3.05, 3.63) is 107 Å². The lowest BCUT2D eigenvalue weighted by atomic mass is 9.92. The topological polar surface area (TPSA) is 132 Å². The van der Waals surface area contributed by atoms with E-state index in [1.54, 1.807) is 13.8 Å². The van der Waals surface area contributed by atoms with Gasteiger partial charge in [0.1, 0.15) is 6.29 Å². The van der Waals surface area contributed by atoms with Crippen molar-refractivity contribution in [2.75, 3.05) is 26.4 Å². The largest absolute Gasteiger partial charge is 0.414 e. The van der Waals surface area contributed by atoms with Crippen LogP contribution in [0, 0.1) is 0 Å². The Balaban J connectivity index is 0.000000550. The molecular weight excluding hydrogens is 1030 g/mol. The quantitative estimate of drug-likeness (QED) is 0.0372. The number of hydrogen-bond donors (Lipinski definition) is 3. The van der Waals surface area contributed by atoms with E-state index in [4.69, 9.17) is 17.7 Å². The van der Waals surface area contributed by atoms with E-state index < -0.39 is 50.5 Å². The maximum atomic E-state index is 12.6. The van der Waals surface area contributed by atoms with E-state index in [0.29, 0.717) is 44.8 Å². The minimum atomic E-state index is -2.06. The predicted molar refractivity (Wildman–Crippen MR) is 334 cm³/mol. The minimum Gasteiger partial charge on any atom is -0.414 e. The van der Waals surface area contributed by atoms with Gasteiger partial charge in [0.15, 0.2) is 33.3 Å². The fraction of sp³-hybridized carbons (Fsp3) is 0.667. The predicted octanol–water partition coefficient (Wildman–Crippen LogP) is 15.7. The number of aldehydes is 1. The summed E-state index contributed by atoms with van der Waals surface area (Å²) < 4.78 is 26.8. The van der Waals surface area contributed by atoms with E-state index in [1.807, 2.05) is 24.3 Å². The second-order valence-corrected chi connectivity index (χ2v) is 47.6. The van der Waals surface area contributed by atoms with Gasteiger partial charge in [0, 0.05) is 19.4 Å². The number of aliphatic hydroxyl groups is 1. The molecule has 14 heteroatoms. The van der Waals surface area contributed by atoms with Gasteiger partial charge >= 0.3 is 0 Å². The minimum absolute atomic E-state index is 0.0633. The first-order valence-corrected chi connectivity index (χ1v) is 40.2. The Morgan fingerprint density at radius 1 is 0.481 bits per heavy atom. The average Bonchev–Trinajstić information content (AvgIpc) is 3.31. The maximum Gasteiger partial charge on any atom is 0.217 e. The Labute approximate surface area is 474 Å². The molecule has 2 amide bonds. The number of carbonyl (C=O) groups is 3. The van der Waals surface area contributed by atoms with Gasteiger partial charge in [-0.2, -0.15) is 0 Å². The van der Waals surface area contributed by atoms with E-state index in [1.165, 1.54) is 11.1 Å². The van der Waals surface area contributed by atoms with Crippen LogP contribution in [-0.2, 0) is 46.6 Å². The van der Waals surface area contributed by atoms with Crippen LogP contribution < -0.4 is 10.6 Å². The van der Waals surface area contributed by atoms with Crippen molar-refractivity contribution in [1.82, 2.24) is 10.6 Å². The fourth-order valence-electron chi connectivity index (χ4n) is 7.62. The number of nitrogens with one attached hydrogen (secondary N) is 2. The molecule has 0 fully saturated rings. The summed E-state index contributed by atoms with van der Waals surface area (Å²) in [5, 5.41) is 17.6. The molecule has 3 aromatic carbocycles. The van der Waals surface area contributed by atoms with E-state index in [9.17, 15) is 19.5 Å². The van der Waals surface area contributed by atoms with Crippen LogP contribution in [0.3, 0.4) is 0 Å². The molecule has 10 nitrogen and oxygen atoms in total. The Morgan fingerprint density at radius 3 is 1.12 bits per heavy atom. The monoisotopic (exact) mass is 1130 g/mol. The summed E-state index contributed by atoms with van der Waals surface area (Å²) in [5.41, 5.74) is 4.05. The third-order valence-electron chi connectivity index (χ3n) is 17.5. The maximum absolute atomic E-state index is 12.6. The number of unbranched alkanes of at least 4 members (excludes halogenated alkanes) is 2. The van der Waals surface area contributed by atoms with Crippen molar-refractivity contribution in [1.29, 1.82) is 0 Å². The van der Waals surface area contributed by atoms with E-state index in [2.05, 4.69) is 201 Å². The first kappa shape index (κ1) is 70.0. The second-order valence-electron chi connectivity index (χ2n) is 28.3. The van der Waals surface area contributed by atoms with Gasteiger partial charge in [-0.1, -0.05) is 175 Å². The third-order valence-corrected chi connectivity index (χ3v) is 35.4. The Hall–Kier alpha value is -3.06. The summed E-state index contributed by atoms with van der Waals surface area (Å²) in [5.74, 6) is -0.145. The summed E-state index contributed by atoms with van der Waals surface area (Å²) in [6, 6.07) is 26.6. The van der Waals surface area contributed by atoms with Crippen molar-refractivity contribution >= 4 is 51.4 Å². The number of aliphatic hydroxyl groups excluding tert-OH is 1. The zero-order chi connectivity index (χ0) is 59.0. The number of carbonyl (C=O) groups excluding carboxylic acids is 3. The summed E-state index contributed by atoms with van der Waals surface area (Å²) in [7, 11) is -8.19. The number of benzene rings is 3. The van der Waals surface area contributed by atoms with Crippen molar-refractivity contribution in [2.24, 2.45) is 0 Å². The summed E-state index contributed by atoms with van der Waals surface area (Å²) in [6.07, 6.45) is 8.46. The molecule has 0 saturated heterocycles. The van der Waals surface area contributed by atoms with Gasteiger partial charge in [0.05, 0.1) is 43.6 Å². The molecule has 0 spiro atoms. The molecule has 0 aliphatic heterocycles. The second kappa shape index (κ2) is 29.1. The molecule has 0 heterocycles. The third kappa shape index (κ3) is 23.5. The van der Waals surface area contributed by atoms with Crippen molar-refractivity contribution in [2.45, 2.75) is 244 Å². The molecule has 0 aliphatic carbocycles. The summed E-state index contributed by atoms with van der Waals surface area (Å²) >= 11 is 0. The number of rotatable bonds is 28. The van der Waals surface area contributed by atoms with Crippen molar-refractivity contribution < 1.29 is 37.2 Å². The van der Waals surface area contributed by atoms with Crippen LogP contribution in [0.2, 0.25) is 72.5 Å². The molecule has 1 atom stereocenters. The number of amides is 2. The molecule has 3 N–H and O–H groups in total. The highest BCUT2D eigenvalue weighted by Gasteiger charge is 2.46. The highest BCUT2D eigenvalue weighted by molar-refractivity contribution is 6.75. The molecule has 0 radical (unpaired) electrons. The van der Waals surface area contributed by atoms with Crippen LogP contribution in [0.15, 0.2) is 78.9 Å². The Morgan fingerprint density at radius 2 is 0.805 bits per heavy atom. The number of hydrogen-bond acceptors (Lipinski definition) is 8. The zero-order valence-corrected chi connectivity index (χ0v) is 56.7.